The molecule has 2 aliphatic rings. The van der Waals surface area contributed by atoms with E-state index in [-0.39, 0.29) is 22.2 Å². The zero-order valence-corrected chi connectivity index (χ0v) is 18.7. The number of hydrogen-bond acceptors (Lipinski definition) is 10. The van der Waals surface area contributed by atoms with Gasteiger partial charge in [-0.2, -0.15) is 0 Å². The van der Waals surface area contributed by atoms with Crippen LogP contribution in [0.5, 0.6) is 0 Å². The van der Waals surface area contributed by atoms with Crippen molar-refractivity contribution in [1.29, 1.82) is 0 Å². The van der Waals surface area contributed by atoms with E-state index in [1.54, 1.807) is 13.0 Å². The van der Waals surface area contributed by atoms with E-state index in [1.807, 2.05) is 0 Å². The van der Waals surface area contributed by atoms with Crippen molar-refractivity contribution in [2.24, 2.45) is 10.9 Å². The van der Waals surface area contributed by atoms with Gasteiger partial charge in [-0.3, -0.25) is 19.3 Å². The molecule has 1 aromatic heterocycles. The van der Waals surface area contributed by atoms with E-state index in [4.69, 9.17) is 16.3 Å². The minimum Gasteiger partial charge on any atom is -0.477 e. The molecule has 1 fully saturated rings. The normalized spacial score (nSPS) is 20.0. The van der Waals surface area contributed by atoms with Crippen LogP contribution in [-0.4, -0.2) is 68.2 Å². The Balaban J connectivity index is 1.80. The number of amides is 3. The van der Waals surface area contributed by atoms with Crippen molar-refractivity contribution < 1.29 is 29.1 Å². The van der Waals surface area contributed by atoms with Crippen LogP contribution in [0.4, 0.5) is 5.13 Å². The number of thiazole rings is 1. The zero-order chi connectivity index (χ0) is 24.1. The molecule has 12 nitrogen and oxygen atoms in total. The largest absolute Gasteiger partial charge is 0.477 e. The molecule has 3 heterocycles. The van der Waals surface area contributed by atoms with Crippen LogP contribution in [0.1, 0.15) is 12.6 Å². The summed E-state index contributed by atoms with van der Waals surface area (Å²) in [5.74, 6) is 2.20. The Labute approximate surface area is 195 Å². The maximum atomic E-state index is 12.9. The van der Waals surface area contributed by atoms with Gasteiger partial charge in [-0.05, 0) is 24.6 Å². The molecule has 0 aromatic carbocycles. The Morgan fingerprint density at radius 2 is 2.24 bits per heavy atom. The molecule has 1 saturated heterocycles. The molecule has 14 heteroatoms. The highest BCUT2D eigenvalue weighted by Crippen LogP contribution is 2.40. The van der Waals surface area contributed by atoms with E-state index >= 15 is 0 Å². The van der Waals surface area contributed by atoms with Crippen LogP contribution in [0.25, 0.3) is 0 Å². The van der Waals surface area contributed by atoms with E-state index in [0.717, 1.165) is 16.2 Å². The lowest BCUT2D eigenvalue weighted by Gasteiger charge is -2.49. The summed E-state index contributed by atoms with van der Waals surface area (Å²) in [6.07, 6.45) is 3.06. The third kappa shape index (κ3) is 5.16. The van der Waals surface area contributed by atoms with Crippen molar-refractivity contribution in [3.63, 3.8) is 0 Å². The fraction of sp³-hybridized carbons (Fsp3) is 0.263. The molecule has 172 valence electrons. The van der Waals surface area contributed by atoms with Crippen LogP contribution in [0.3, 0.4) is 0 Å². The Hall–Kier alpha value is -3.83. The Morgan fingerprint density at radius 1 is 1.48 bits per heavy atom. The molecule has 0 aliphatic carbocycles. The summed E-state index contributed by atoms with van der Waals surface area (Å²) in [5.41, 5.74) is 10.7. The van der Waals surface area contributed by atoms with Crippen molar-refractivity contribution in [3.05, 3.63) is 34.5 Å². The number of rotatable bonds is 8. The average molecular weight is 491 g/mol. The molecule has 0 saturated carbocycles. The molecule has 2 atom stereocenters. The van der Waals surface area contributed by atoms with Crippen LogP contribution < -0.4 is 16.8 Å². The molecule has 0 spiro atoms. The predicted molar refractivity (Wildman–Crippen MR) is 120 cm³/mol. The number of nitrogens with one attached hydrogen (secondary N) is 1. The van der Waals surface area contributed by atoms with Crippen molar-refractivity contribution in [1.82, 2.24) is 15.2 Å². The predicted octanol–water partition coefficient (Wildman–Crippen LogP) is -0.751. The average Bonchev–Trinajstić information content (AvgIpc) is 3.19. The smallest absolute Gasteiger partial charge is 0.352 e. The van der Waals surface area contributed by atoms with Gasteiger partial charge in [-0.15, -0.1) is 29.0 Å². The molecule has 0 radical (unpaired) electrons. The van der Waals surface area contributed by atoms with Crippen molar-refractivity contribution in [3.8, 4) is 11.8 Å². The molecule has 0 bridgehead atoms. The van der Waals surface area contributed by atoms with Crippen molar-refractivity contribution in [2.45, 2.75) is 18.3 Å². The highest BCUT2D eigenvalue weighted by molar-refractivity contribution is 8.00. The van der Waals surface area contributed by atoms with Gasteiger partial charge in [0.05, 0.1) is 0 Å². The first-order valence-corrected chi connectivity index (χ1v) is 11.2. The number of thioether (sulfide) groups is 1. The fourth-order valence-electron chi connectivity index (χ4n) is 2.97. The number of nitrogens with zero attached hydrogens (tertiary/aromatic N) is 3. The number of hydrogen-bond donors (Lipinski definition) is 4. The number of nitrogen functional groups attached to an aromatic ring is 1. The Morgan fingerprint density at radius 3 is 2.85 bits per heavy atom. The number of β-lactam (4-membered cyclic amide) rings is 1. The van der Waals surface area contributed by atoms with E-state index in [1.165, 1.54) is 23.2 Å². The molecular weight excluding hydrogens is 472 g/mol. The highest BCUT2D eigenvalue weighted by atomic mass is 32.2. The van der Waals surface area contributed by atoms with Crippen LogP contribution in [0, 0.1) is 11.8 Å². The summed E-state index contributed by atoms with van der Waals surface area (Å²) in [5, 5.41) is 16.8. The van der Waals surface area contributed by atoms with Gasteiger partial charge < -0.3 is 26.7 Å². The molecule has 1 aromatic rings. The number of primary amides is 1. The van der Waals surface area contributed by atoms with Crippen molar-refractivity contribution in [2.75, 3.05) is 18.1 Å². The topological polar surface area (TPSA) is 190 Å². The van der Waals surface area contributed by atoms with Gasteiger partial charge in [0.1, 0.15) is 22.8 Å². The first-order valence-electron chi connectivity index (χ1n) is 9.25. The van der Waals surface area contributed by atoms with Gasteiger partial charge in [-0.25, -0.2) is 9.78 Å². The second-order valence-electron chi connectivity index (χ2n) is 6.52. The van der Waals surface area contributed by atoms with Crippen LogP contribution in [0.15, 0.2) is 34.0 Å². The summed E-state index contributed by atoms with van der Waals surface area (Å²) in [4.78, 5) is 58.2. The molecule has 6 N–H and O–H groups in total. The number of oxime groups is 1. The zero-order valence-electron chi connectivity index (χ0n) is 17.1. The minimum absolute atomic E-state index is 0.0787. The third-order valence-electron chi connectivity index (χ3n) is 4.34. The maximum absolute atomic E-state index is 12.9. The number of carbonyl (C=O) groups excluding carboxylic acids is 3. The third-order valence-corrected chi connectivity index (χ3v) is 6.32. The number of aliphatic carboxylic acids is 1. The Kier molecular flexibility index (Phi) is 7.36. The van der Waals surface area contributed by atoms with Gasteiger partial charge in [0, 0.05) is 11.1 Å². The minimum atomic E-state index is -1.26. The number of carboxylic acids is 1. The van der Waals surface area contributed by atoms with E-state index < -0.39 is 41.7 Å². The quantitative estimate of drug-likeness (QED) is 0.157. The standard InChI is InChI=1S/C19H18N6O6S2/c1-2-3-4-5-9-7-32-17-13(16(28)25(17)14(9)18(29)30)23-15(27)12(24-31-6-11(20)26)10-8-33-19(21)22-10/h4-5,8,13,17H,6-7H2,1H3,(H2,20,26)(H2,21,22)(H,23,27)(H,29,30)/b5-4+,24-12-/t13-,17-/m1/s1. The molecule has 33 heavy (non-hydrogen) atoms. The molecule has 2 aliphatic heterocycles. The van der Waals surface area contributed by atoms with E-state index in [0.29, 0.717) is 11.3 Å². The van der Waals surface area contributed by atoms with Crippen LogP contribution in [0.2, 0.25) is 0 Å². The van der Waals surface area contributed by atoms with Gasteiger partial charge in [0.2, 0.25) is 0 Å². The van der Waals surface area contributed by atoms with Gasteiger partial charge in [0.15, 0.2) is 17.5 Å². The number of fused-ring (bicyclic) bond motifs is 1. The summed E-state index contributed by atoms with van der Waals surface area (Å²) in [7, 11) is 0. The highest BCUT2D eigenvalue weighted by Gasteiger charge is 2.54. The first-order chi connectivity index (χ1) is 15.7. The number of allylic oxidation sites excluding steroid dienone is 2. The second kappa shape index (κ2) is 10.2. The second-order valence-corrected chi connectivity index (χ2v) is 8.51. The molecule has 3 rings (SSSR count). The number of anilines is 1. The van der Waals surface area contributed by atoms with E-state index in [2.05, 4.69) is 27.3 Å². The monoisotopic (exact) mass is 490 g/mol. The van der Waals surface area contributed by atoms with Crippen LogP contribution in [-0.2, 0) is 24.0 Å². The van der Waals surface area contributed by atoms with Gasteiger partial charge in [-0.1, -0.05) is 11.1 Å². The summed E-state index contributed by atoms with van der Waals surface area (Å²) >= 11 is 2.34. The summed E-state index contributed by atoms with van der Waals surface area (Å²) in [6.45, 7) is 1.07. The number of aromatic nitrogens is 1. The lowest BCUT2D eigenvalue weighted by atomic mass is 10.0. The number of carboxylic acid groups (broad SMARTS) is 1. The fourth-order valence-corrected chi connectivity index (χ4v) is 4.83. The SMILES string of the molecule is CC#C/C=C/C1=C(C(=O)O)N2C(=O)[C@@H](NC(=O)/C(=N\OCC(N)=O)c3csc(N)n3)[C@H]2SC1. The Bertz CT molecular complexity index is 1160. The molecule has 0 unspecified atom stereocenters. The lowest BCUT2D eigenvalue weighted by molar-refractivity contribution is -0.150. The van der Waals surface area contributed by atoms with Crippen LogP contribution >= 0.6 is 23.1 Å². The summed E-state index contributed by atoms with van der Waals surface area (Å²) in [6, 6.07) is -1.00. The van der Waals surface area contributed by atoms with Gasteiger partial charge >= 0.3 is 5.97 Å². The maximum Gasteiger partial charge on any atom is 0.352 e. The molecular formula is C19H18N6O6S2. The molecule has 3 amide bonds. The number of carbonyl (C=O) groups is 4. The van der Waals surface area contributed by atoms with Crippen molar-refractivity contribution >= 4 is 57.6 Å². The first kappa shape index (κ1) is 23.8. The van der Waals surface area contributed by atoms with Gasteiger partial charge in [0.25, 0.3) is 17.7 Å². The number of nitrogens with two attached hydrogens (primary N) is 2. The summed E-state index contributed by atoms with van der Waals surface area (Å²) < 4.78 is 0. The van der Waals surface area contributed by atoms with E-state index in [9.17, 15) is 24.3 Å². The lowest BCUT2D eigenvalue weighted by Crippen LogP contribution is -2.71.